The van der Waals surface area contributed by atoms with Gasteiger partial charge in [-0.15, -0.1) is 0 Å². The lowest BCUT2D eigenvalue weighted by atomic mass is 9.74. The van der Waals surface area contributed by atoms with Crippen LogP contribution >= 0.6 is 0 Å². The van der Waals surface area contributed by atoms with Crippen LogP contribution in [0.2, 0.25) is 0 Å². The summed E-state index contributed by atoms with van der Waals surface area (Å²) in [4.78, 5) is 23.6. The number of rotatable bonds is 5. The number of aliphatic carboxylic acids is 1. The molecule has 1 aromatic rings. The van der Waals surface area contributed by atoms with E-state index in [9.17, 15) is 14.7 Å². The number of carboxylic acid groups (broad SMARTS) is 1. The number of hydrogen-bond acceptors (Lipinski definition) is 5. The number of nitrogens with zero attached hydrogens (tertiary/aromatic N) is 1. The van der Waals surface area contributed by atoms with E-state index >= 15 is 0 Å². The lowest BCUT2D eigenvalue weighted by Gasteiger charge is -2.39. The van der Waals surface area contributed by atoms with Crippen LogP contribution in [0, 0.1) is 5.92 Å². The van der Waals surface area contributed by atoms with Gasteiger partial charge in [0.1, 0.15) is 6.61 Å². The molecule has 1 aromatic heterocycles. The second-order valence-corrected chi connectivity index (χ2v) is 5.62. The third-order valence-corrected chi connectivity index (χ3v) is 3.98. The van der Waals surface area contributed by atoms with Crippen LogP contribution in [0.1, 0.15) is 48.9 Å². The maximum Gasteiger partial charge on any atom is 0.308 e. The standard InChI is InChI=1S/C14H20N2O5/c1-14(6-4-3-5-10(14)13(18)19)15-12(17)11-7-9(8-20-2)21-16-11/h7,10H,3-6,8H2,1-2H3,(H,15,17)(H,18,19). The molecule has 0 aliphatic heterocycles. The first-order valence-electron chi connectivity index (χ1n) is 6.96. The number of nitrogens with one attached hydrogen (secondary N) is 1. The van der Waals surface area contributed by atoms with Crippen LogP contribution in [0.15, 0.2) is 10.6 Å². The molecule has 2 rings (SSSR count). The van der Waals surface area contributed by atoms with Gasteiger partial charge in [0.25, 0.3) is 5.91 Å². The van der Waals surface area contributed by atoms with Crippen LogP contribution in [-0.2, 0) is 16.1 Å². The summed E-state index contributed by atoms with van der Waals surface area (Å²) >= 11 is 0. The average Bonchev–Trinajstić information content (AvgIpc) is 2.87. The number of aromatic nitrogens is 1. The molecule has 1 heterocycles. The van der Waals surface area contributed by atoms with Crippen LogP contribution in [0.4, 0.5) is 0 Å². The van der Waals surface area contributed by atoms with Gasteiger partial charge in [-0.1, -0.05) is 18.0 Å². The van der Waals surface area contributed by atoms with Crippen LogP contribution in [0.25, 0.3) is 0 Å². The van der Waals surface area contributed by atoms with Gasteiger partial charge in [0.15, 0.2) is 11.5 Å². The van der Waals surface area contributed by atoms with Gasteiger partial charge in [-0.3, -0.25) is 9.59 Å². The van der Waals surface area contributed by atoms with Gasteiger partial charge in [-0.05, 0) is 19.8 Å². The van der Waals surface area contributed by atoms with Gasteiger partial charge < -0.3 is 19.7 Å². The van der Waals surface area contributed by atoms with E-state index in [1.807, 2.05) is 0 Å². The first-order chi connectivity index (χ1) is 9.96. The molecule has 2 unspecified atom stereocenters. The summed E-state index contributed by atoms with van der Waals surface area (Å²) in [5, 5.41) is 15.8. The molecule has 21 heavy (non-hydrogen) atoms. The van der Waals surface area contributed by atoms with Gasteiger partial charge in [0.2, 0.25) is 0 Å². The Morgan fingerprint density at radius 3 is 3.00 bits per heavy atom. The van der Waals surface area contributed by atoms with Crippen LogP contribution in [0.3, 0.4) is 0 Å². The number of carbonyl (C=O) groups excluding carboxylic acids is 1. The molecular formula is C14H20N2O5. The summed E-state index contributed by atoms with van der Waals surface area (Å²) in [7, 11) is 1.52. The zero-order valence-corrected chi connectivity index (χ0v) is 12.2. The van der Waals surface area contributed by atoms with Crippen molar-refractivity contribution in [3.05, 3.63) is 17.5 Å². The Hall–Kier alpha value is -1.89. The Kier molecular flexibility index (Phi) is 4.62. The quantitative estimate of drug-likeness (QED) is 0.855. The molecule has 116 valence electrons. The first-order valence-corrected chi connectivity index (χ1v) is 6.96. The number of carbonyl (C=O) groups is 2. The molecule has 2 atom stereocenters. The van der Waals surface area contributed by atoms with Gasteiger partial charge in [-0.25, -0.2) is 0 Å². The topological polar surface area (TPSA) is 102 Å². The van der Waals surface area contributed by atoms with Gasteiger partial charge >= 0.3 is 5.97 Å². The van der Waals surface area contributed by atoms with Crippen LogP contribution in [0.5, 0.6) is 0 Å². The molecule has 1 saturated carbocycles. The highest BCUT2D eigenvalue weighted by Gasteiger charge is 2.42. The lowest BCUT2D eigenvalue weighted by molar-refractivity contribution is -0.145. The summed E-state index contributed by atoms with van der Waals surface area (Å²) < 4.78 is 9.87. The maximum atomic E-state index is 12.2. The van der Waals surface area contributed by atoms with E-state index in [0.29, 0.717) is 18.6 Å². The van der Waals surface area contributed by atoms with Crippen molar-refractivity contribution in [2.75, 3.05) is 7.11 Å². The third kappa shape index (κ3) is 3.41. The third-order valence-electron chi connectivity index (χ3n) is 3.98. The highest BCUT2D eigenvalue weighted by molar-refractivity contribution is 5.93. The lowest BCUT2D eigenvalue weighted by Crippen LogP contribution is -2.55. The number of methoxy groups -OCH3 is 1. The van der Waals surface area contributed by atoms with Gasteiger partial charge in [0, 0.05) is 13.2 Å². The SMILES string of the molecule is COCc1cc(C(=O)NC2(C)CCCCC2C(=O)O)no1. The van der Waals surface area contributed by atoms with E-state index in [1.165, 1.54) is 13.2 Å². The molecule has 0 saturated heterocycles. The number of carboxylic acids is 1. The van der Waals surface area contributed by atoms with E-state index in [0.717, 1.165) is 12.8 Å². The fourth-order valence-electron chi connectivity index (χ4n) is 2.83. The summed E-state index contributed by atoms with van der Waals surface area (Å²) in [5.74, 6) is -1.43. The second-order valence-electron chi connectivity index (χ2n) is 5.62. The van der Waals surface area contributed by atoms with Crippen molar-refractivity contribution in [3.63, 3.8) is 0 Å². The van der Waals surface area contributed by atoms with Crippen molar-refractivity contribution in [1.82, 2.24) is 10.5 Å². The smallest absolute Gasteiger partial charge is 0.308 e. The zero-order chi connectivity index (χ0) is 15.5. The number of ether oxygens (including phenoxy) is 1. The van der Waals surface area contributed by atoms with Crippen LogP contribution < -0.4 is 5.32 Å². The van der Waals surface area contributed by atoms with E-state index in [1.54, 1.807) is 6.92 Å². The van der Waals surface area contributed by atoms with Gasteiger partial charge in [-0.2, -0.15) is 0 Å². The minimum absolute atomic E-state index is 0.137. The van der Waals surface area contributed by atoms with E-state index in [4.69, 9.17) is 9.26 Å². The van der Waals surface area contributed by atoms with E-state index in [2.05, 4.69) is 10.5 Å². The Labute approximate surface area is 122 Å². The van der Waals surface area contributed by atoms with Crippen molar-refractivity contribution >= 4 is 11.9 Å². The highest BCUT2D eigenvalue weighted by atomic mass is 16.5. The number of hydrogen-bond donors (Lipinski definition) is 2. The summed E-state index contributed by atoms with van der Waals surface area (Å²) in [5.41, 5.74) is -0.625. The first kappa shape index (κ1) is 15.5. The molecule has 1 fully saturated rings. The summed E-state index contributed by atoms with van der Waals surface area (Å²) in [6, 6.07) is 1.50. The fraction of sp³-hybridized carbons (Fsp3) is 0.643. The Morgan fingerprint density at radius 1 is 1.57 bits per heavy atom. The molecule has 7 heteroatoms. The maximum absolute atomic E-state index is 12.2. The molecule has 0 radical (unpaired) electrons. The van der Waals surface area contributed by atoms with E-state index < -0.39 is 23.3 Å². The van der Waals surface area contributed by atoms with Gasteiger partial charge in [0.05, 0.1) is 11.5 Å². The van der Waals surface area contributed by atoms with Crippen molar-refractivity contribution in [2.45, 2.75) is 44.8 Å². The van der Waals surface area contributed by atoms with Crippen molar-refractivity contribution in [1.29, 1.82) is 0 Å². The molecule has 1 aliphatic rings. The molecule has 0 spiro atoms. The Morgan fingerprint density at radius 2 is 2.33 bits per heavy atom. The normalized spacial score (nSPS) is 25.5. The summed E-state index contributed by atoms with van der Waals surface area (Å²) in [6.45, 7) is 2.01. The molecular weight excluding hydrogens is 276 g/mol. The largest absolute Gasteiger partial charge is 0.481 e. The van der Waals surface area contributed by atoms with Crippen molar-refractivity contribution in [2.24, 2.45) is 5.92 Å². The minimum atomic E-state index is -0.877. The number of amides is 1. The summed E-state index contributed by atoms with van der Waals surface area (Å²) in [6.07, 6.45) is 2.97. The molecule has 2 N–H and O–H groups in total. The Bertz CT molecular complexity index is 527. The van der Waals surface area contributed by atoms with Crippen molar-refractivity contribution in [3.8, 4) is 0 Å². The van der Waals surface area contributed by atoms with E-state index in [-0.39, 0.29) is 12.3 Å². The highest BCUT2D eigenvalue weighted by Crippen LogP contribution is 2.34. The average molecular weight is 296 g/mol. The Balaban J connectivity index is 2.10. The second kappa shape index (κ2) is 6.26. The molecule has 7 nitrogen and oxygen atoms in total. The minimum Gasteiger partial charge on any atom is -0.481 e. The zero-order valence-electron chi connectivity index (χ0n) is 12.2. The molecule has 1 amide bonds. The monoisotopic (exact) mass is 296 g/mol. The molecule has 0 bridgehead atoms. The van der Waals surface area contributed by atoms with Crippen molar-refractivity contribution < 1.29 is 24.0 Å². The molecule has 0 aromatic carbocycles. The predicted octanol–water partition coefficient (Wildman–Crippen LogP) is 1.58. The van der Waals surface area contributed by atoms with Crippen LogP contribution in [-0.4, -0.2) is 34.8 Å². The fourth-order valence-corrected chi connectivity index (χ4v) is 2.83. The predicted molar refractivity (Wildman–Crippen MR) is 72.7 cm³/mol. The molecule has 1 aliphatic carbocycles.